The molecule has 1 atom stereocenters. The van der Waals surface area contributed by atoms with E-state index in [2.05, 4.69) is 15.7 Å². The number of amides is 1. The molecule has 0 aliphatic rings. The van der Waals surface area contributed by atoms with Gasteiger partial charge < -0.3 is 10.6 Å². The van der Waals surface area contributed by atoms with E-state index in [1.54, 1.807) is 42.1 Å². The lowest BCUT2D eigenvalue weighted by Gasteiger charge is -2.20. The molecule has 3 aromatic rings. The summed E-state index contributed by atoms with van der Waals surface area (Å²) in [7, 11) is 1.75. The monoisotopic (exact) mass is 464 g/mol. The maximum Gasteiger partial charge on any atom is 0.416 e. The van der Waals surface area contributed by atoms with E-state index in [0.29, 0.717) is 41.2 Å². The zero-order valence-corrected chi connectivity index (χ0v) is 18.5. The van der Waals surface area contributed by atoms with Crippen LogP contribution >= 0.6 is 11.6 Å². The molecule has 9 heteroatoms. The molecule has 1 aromatic heterocycles. The molecule has 2 aromatic carbocycles. The summed E-state index contributed by atoms with van der Waals surface area (Å²) in [5, 5.41) is 10.9. The summed E-state index contributed by atoms with van der Waals surface area (Å²) >= 11 is 5.96. The van der Waals surface area contributed by atoms with Gasteiger partial charge in [-0.25, -0.2) is 4.68 Å². The van der Waals surface area contributed by atoms with Crippen LogP contribution in [-0.4, -0.2) is 22.7 Å². The molecule has 0 saturated carbocycles. The first-order valence-corrected chi connectivity index (χ1v) is 10.6. The Morgan fingerprint density at radius 1 is 1.19 bits per heavy atom. The van der Waals surface area contributed by atoms with Gasteiger partial charge in [-0.15, -0.1) is 0 Å². The predicted octanol–water partition coefficient (Wildman–Crippen LogP) is 5.54. The molecule has 0 aliphatic carbocycles. The van der Waals surface area contributed by atoms with Gasteiger partial charge in [0.25, 0.3) is 5.91 Å². The molecule has 2 N–H and O–H groups in total. The van der Waals surface area contributed by atoms with E-state index in [1.807, 2.05) is 6.92 Å². The van der Waals surface area contributed by atoms with Crippen LogP contribution in [0.4, 0.5) is 13.2 Å². The number of carbonyl (C=O) groups is 1. The average Bonchev–Trinajstić information content (AvgIpc) is 3.17. The Morgan fingerprint density at radius 2 is 1.91 bits per heavy atom. The molecule has 0 aliphatic heterocycles. The SMILES string of the molecule is CCC[C@H](NC(=O)c1cnn(-c2ccc(Cl)cc2)c1CNC)c1cccc(C(F)(F)F)c1. The Balaban J connectivity index is 1.91. The van der Waals surface area contributed by atoms with Crippen LogP contribution < -0.4 is 10.6 Å². The molecule has 1 amide bonds. The second-order valence-corrected chi connectivity index (χ2v) is 7.80. The zero-order valence-electron chi connectivity index (χ0n) is 17.7. The fourth-order valence-corrected chi connectivity index (χ4v) is 3.61. The van der Waals surface area contributed by atoms with Gasteiger partial charge in [0.2, 0.25) is 0 Å². The number of alkyl halides is 3. The Morgan fingerprint density at radius 3 is 2.53 bits per heavy atom. The van der Waals surface area contributed by atoms with Crippen molar-refractivity contribution in [2.75, 3.05) is 7.05 Å². The van der Waals surface area contributed by atoms with Crippen molar-refractivity contribution >= 4 is 17.5 Å². The molecule has 0 fully saturated rings. The van der Waals surface area contributed by atoms with E-state index in [4.69, 9.17) is 11.6 Å². The largest absolute Gasteiger partial charge is 0.416 e. The third-order valence-electron chi connectivity index (χ3n) is 5.03. The highest BCUT2D eigenvalue weighted by Crippen LogP contribution is 2.31. The minimum absolute atomic E-state index is 0.349. The van der Waals surface area contributed by atoms with Crippen molar-refractivity contribution in [2.45, 2.75) is 38.5 Å². The van der Waals surface area contributed by atoms with Crippen molar-refractivity contribution < 1.29 is 18.0 Å². The van der Waals surface area contributed by atoms with Gasteiger partial charge in [-0.05, 0) is 55.4 Å². The van der Waals surface area contributed by atoms with Gasteiger partial charge >= 0.3 is 6.18 Å². The van der Waals surface area contributed by atoms with Crippen LogP contribution in [0, 0.1) is 0 Å². The molecular weight excluding hydrogens is 441 g/mol. The van der Waals surface area contributed by atoms with E-state index in [-0.39, 0.29) is 0 Å². The molecule has 0 radical (unpaired) electrons. The van der Waals surface area contributed by atoms with Gasteiger partial charge in [-0.1, -0.05) is 37.1 Å². The van der Waals surface area contributed by atoms with Crippen LogP contribution in [-0.2, 0) is 12.7 Å². The molecule has 0 unspecified atom stereocenters. The van der Waals surface area contributed by atoms with E-state index in [0.717, 1.165) is 17.8 Å². The van der Waals surface area contributed by atoms with Gasteiger partial charge in [-0.2, -0.15) is 18.3 Å². The van der Waals surface area contributed by atoms with Crippen molar-refractivity contribution in [1.82, 2.24) is 20.4 Å². The Labute approximate surface area is 189 Å². The van der Waals surface area contributed by atoms with Crippen LogP contribution in [0.15, 0.2) is 54.7 Å². The van der Waals surface area contributed by atoms with Gasteiger partial charge in [0.05, 0.1) is 34.7 Å². The Bertz CT molecular complexity index is 1060. The van der Waals surface area contributed by atoms with Crippen LogP contribution in [0.2, 0.25) is 5.02 Å². The first kappa shape index (κ1) is 23.8. The van der Waals surface area contributed by atoms with E-state index in [9.17, 15) is 18.0 Å². The first-order chi connectivity index (χ1) is 15.2. The van der Waals surface area contributed by atoms with Crippen LogP contribution in [0.3, 0.4) is 0 Å². The summed E-state index contributed by atoms with van der Waals surface area (Å²) in [6, 6.07) is 11.5. The summed E-state index contributed by atoms with van der Waals surface area (Å²) in [6.45, 7) is 2.28. The van der Waals surface area contributed by atoms with Gasteiger partial charge in [0.15, 0.2) is 0 Å². The van der Waals surface area contributed by atoms with E-state index in [1.165, 1.54) is 12.3 Å². The number of carbonyl (C=O) groups excluding carboxylic acids is 1. The molecule has 1 heterocycles. The highest BCUT2D eigenvalue weighted by atomic mass is 35.5. The minimum Gasteiger partial charge on any atom is -0.345 e. The number of halogens is 4. The number of benzene rings is 2. The fourth-order valence-electron chi connectivity index (χ4n) is 3.48. The van der Waals surface area contributed by atoms with E-state index < -0.39 is 23.7 Å². The number of rotatable bonds is 8. The summed E-state index contributed by atoms with van der Waals surface area (Å²) < 4.78 is 41.1. The summed E-state index contributed by atoms with van der Waals surface area (Å²) in [4.78, 5) is 13.1. The molecule has 3 rings (SSSR count). The smallest absolute Gasteiger partial charge is 0.345 e. The Kier molecular flexibility index (Phi) is 7.58. The van der Waals surface area contributed by atoms with Crippen molar-refractivity contribution in [3.63, 3.8) is 0 Å². The number of nitrogens with zero attached hydrogens (tertiary/aromatic N) is 2. The molecule has 0 bridgehead atoms. The van der Waals surface area contributed by atoms with Gasteiger partial charge in [-0.3, -0.25) is 4.79 Å². The lowest BCUT2D eigenvalue weighted by atomic mass is 9.99. The minimum atomic E-state index is -4.45. The lowest BCUT2D eigenvalue weighted by Crippen LogP contribution is -2.30. The highest BCUT2D eigenvalue weighted by molar-refractivity contribution is 6.30. The Hall–Kier alpha value is -2.84. The predicted molar refractivity (Wildman–Crippen MR) is 118 cm³/mol. The van der Waals surface area contributed by atoms with Crippen LogP contribution in [0.1, 0.15) is 53.0 Å². The van der Waals surface area contributed by atoms with Crippen molar-refractivity contribution in [3.05, 3.63) is 82.1 Å². The number of hydrogen-bond acceptors (Lipinski definition) is 3. The van der Waals surface area contributed by atoms with Crippen molar-refractivity contribution in [2.24, 2.45) is 0 Å². The summed E-state index contributed by atoms with van der Waals surface area (Å²) in [5.74, 6) is -0.397. The summed E-state index contributed by atoms with van der Waals surface area (Å²) in [6.07, 6.45) is -1.80. The fraction of sp³-hybridized carbons (Fsp3) is 0.304. The van der Waals surface area contributed by atoms with Gasteiger partial charge in [0, 0.05) is 11.6 Å². The maximum atomic E-state index is 13.2. The number of nitrogens with one attached hydrogen (secondary N) is 2. The second kappa shape index (κ2) is 10.2. The second-order valence-electron chi connectivity index (χ2n) is 7.36. The first-order valence-electron chi connectivity index (χ1n) is 10.2. The standard InChI is InChI=1S/C23H24ClF3N4O/c1-3-5-20(15-6-4-7-16(12-15)23(25,26)27)30-22(32)19-13-29-31(21(19)14-28-2)18-10-8-17(24)9-11-18/h4,6-13,20,28H,3,5,14H2,1-2H3,(H,30,32)/t20-/m0/s1. The number of aromatic nitrogens is 2. The normalized spacial score (nSPS) is 12.6. The van der Waals surface area contributed by atoms with Gasteiger partial charge in [0.1, 0.15) is 0 Å². The average molecular weight is 465 g/mol. The summed E-state index contributed by atoms with van der Waals surface area (Å²) in [5.41, 5.74) is 1.39. The van der Waals surface area contributed by atoms with Crippen LogP contribution in [0.5, 0.6) is 0 Å². The van der Waals surface area contributed by atoms with Crippen LogP contribution in [0.25, 0.3) is 5.69 Å². The molecule has 32 heavy (non-hydrogen) atoms. The zero-order chi connectivity index (χ0) is 23.3. The molecule has 0 spiro atoms. The van der Waals surface area contributed by atoms with Crippen molar-refractivity contribution in [1.29, 1.82) is 0 Å². The molecule has 5 nitrogen and oxygen atoms in total. The molecule has 170 valence electrons. The van der Waals surface area contributed by atoms with Crippen molar-refractivity contribution in [3.8, 4) is 5.69 Å². The lowest BCUT2D eigenvalue weighted by molar-refractivity contribution is -0.137. The molecular formula is C23H24ClF3N4O. The maximum absolute atomic E-state index is 13.2. The third kappa shape index (κ3) is 5.49. The third-order valence-corrected chi connectivity index (χ3v) is 5.28. The quantitative estimate of drug-likeness (QED) is 0.460. The van der Waals surface area contributed by atoms with E-state index >= 15 is 0 Å². The molecule has 0 saturated heterocycles. The topological polar surface area (TPSA) is 59.0 Å². The highest BCUT2D eigenvalue weighted by Gasteiger charge is 2.31. The number of hydrogen-bond donors (Lipinski definition) is 2.